The summed E-state index contributed by atoms with van der Waals surface area (Å²) in [6.45, 7) is 0. The molecule has 0 fully saturated rings. The molecular weight excluding hydrogens is 372 g/mol. The van der Waals surface area contributed by atoms with Crippen LogP contribution in [0.3, 0.4) is 0 Å². The molecule has 0 bridgehead atoms. The highest BCUT2D eigenvalue weighted by molar-refractivity contribution is 5.97. The number of para-hydroxylation sites is 1. The Morgan fingerprint density at radius 1 is 0.897 bits per heavy atom. The van der Waals surface area contributed by atoms with Gasteiger partial charge in [0.2, 0.25) is 0 Å². The minimum atomic E-state index is -1.29. The van der Waals surface area contributed by atoms with Crippen molar-refractivity contribution in [2.75, 3.05) is 0 Å². The van der Waals surface area contributed by atoms with E-state index in [9.17, 15) is 24.8 Å². The van der Waals surface area contributed by atoms with E-state index in [0.29, 0.717) is 5.56 Å². The number of nitrogens with zero attached hydrogens (tertiary/aromatic N) is 1. The van der Waals surface area contributed by atoms with Gasteiger partial charge >= 0.3 is 5.97 Å². The van der Waals surface area contributed by atoms with Crippen LogP contribution in [0.15, 0.2) is 78.9 Å². The average Bonchev–Trinajstić information content (AvgIpc) is 2.74. The van der Waals surface area contributed by atoms with Crippen molar-refractivity contribution in [2.45, 2.75) is 12.5 Å². The van der Waals surface area contributed by atoms with E-state index in [1.54, 1.807) is 30.3 Å². The summed E-state index contributed by atoms with van der Waals surface area (Å²) in [7, 11) is 0. The summed E-state index contributed by atoms with van der Waals surface area (Å²) in [5.74, 6) is -1.83. The molecule has 0 unspecified atom stereocenters. The number of carboxylic acid groups (broad SMARTS) is 1. The van der Waals surface area contributed by atoms with E-state index in [0.717, 1.165) is 11.1 Å². The Bertz CT molecular complexity index is 1030. The maximum absolute atomic E-state index is 12.5. The van der Waals surface area contributed by atoms with Crippen LogP contribution >= 0.6 is 0 Å². The lowest BCUT2D eigenvalue weighted by Gasteiger charge is -2.15. The first-order valence-electron chi connectivity index (χ1n) is 8.87. The van der Waals surface area contributed by atoms with Gasteiger partial charge in [0.1, 0.15) is 6.04 Å². The number of rotatable bonds is 7. The van der Waals surface area contributed by atoms with Crippen LogP contribution in [-0.2, 0) is 11.2 Å². The van der Waals surface area contributed by atoms with Gasteiger partial charge in [0.25, 0.3) is 11.6 Å². The van der Waals surface area contributed by atoms with Crippen molar-refractivity contribution < 1.29 is 19.6 Å². The number of nitrogens with one attached hydrogen (secondary N) is 1. The van der Waals surface area contributed by atoms with Gasteiger partial charge in [-0.05, 0) is 23.3 Å². The lowest BCUT2D eigenvalue weighted by atomic mass is 10.0. The highest BCUT2D eigenvalue weighted by atomic mass is 16.6. The summed E-state index contributed by atoms with van der Waals surface area (Å²) in [6.07, 6.45) is -0.194. The van der Waals surface area contributed by atoms with Gasteiger partial charge in [0, 0.05) is 23.6 Å². The zero-order chi connectivity index (χ0) is 20.8. The summed E-state index contributed by atoms with van der Waals surface area (Å²) < 4.78 is 0. The van der Waals surface area contributed by atoms with E-state index in [2.05, 4.69) is 5.32 Å². The van der Waals surface area contributed by atoms with Crippen LogP contribution in [-0.4, -0.2) is 27.9 Å². The highest BCUT2D eigenvalue weighted by Gasteiger charge is 2.24. The normalized spacial score (nSPS) is 11.4. The second-order valence-electron chi connectivity index (χ2n) is 6.40. The number of carbonyl (C=O) groups excluding carboxylic acids is 1. The third kappa shape index (κ3) is 4.84. The average molecular weight is 390 g/mol. The molecule has 3 aromatic rings. The predicted molar refractivity (Wildman–Crippen MR) is 108 cm³/mol. The van der Waals surface area contributed by atoms with Crippen molar-refractivity contribution in [1.29, 1.82) is 0 Å². The molecule has 2 N–H and O–H groups in total. The van der Waals surface area contributed by atoms with E-state index in [1.165, 1.54) is 18.2 Å². The molecule has 3 aromatic carbocycles. The zero-order valence-corrected chi connectivity index (χ0v) is 15.3. The molecular formula is C22H18N2O5. The fourth-order valence-corrected chi connectivity index (χ4v) is 2.97. The Morgan fingerprint density at radius 2 is 1.48 bits per heavy atom. The molecule has 0 aliphatic heterocycles. The SMILES string of the molecule is O=C(N[C@@H](Cc1ccccc1[N+](=O)[O-])C(=O)O)c1ccc(-c2ccccc2)cc1. The number of hydrogen-bond acceptors (Lipinski definition) is 4. The molecule has 0 radical (unpaired) electrons. The molecule has 0 aromatic heterocycles. The Labute approximate surface area is 166 Å². The lowest BCUT2D eigenvalue weighted by Crippen LogP contribution is -2.42. The van der Waals surface area contributed by atoms with E-state index in [4.69, 9.17) is 0 Å². The number of benzene rings is 3. The predicted octanol–water partition coefficient (Wildman–Crippen LogP) is 3.69. The first-order chi connectivity index (χ1) is 14.0. The quantitative estimate of drug-likeness (QED) is 0.472. The molecule has 1 atom stereocenters. The summed E-state index contributed by atoms with van der Waals surface area (Å²) in [5, 5.41) is 23.1. The van der Waals surface area contributed by atoms with Crippen LogP contribution < -0.4 is 5.32 Å². The molecule has 7 nitrogen and oxygen atoms in total. The maximum atomic E-state index is 12.5. The summed E-state index contributed by atoms with van der Waals surface area (Å²) in [6, 6.07) is 21.0. The Morgan fingerprint density at radius 3 is 2.10 bits per heavy atom. The molecule has 3 rings (SSSR count). The second kappa shape index (κ2) is 8.79. The number of nitro benzene ring substituents is 1. The third-order valence-corrected chi connectivity index (χ3v) is 4.47. The minimum absolute atomic E-state index is 0.180. The fourth-order valence-electron chi connectivity index (χ4n) is 2.97. The number of carbonyl (C=O) groups is 2. The van der Waals surface area contributed by atoms with Gasteiger partial charge < -0.3 is 10.4 Å². The van der Waals surface area contributed by atoms with Crippen LogP contribution in [0.2, 0.25) is 0 Å². The molecule has 0 saturated heterocycles. The molecule has 29 heavy (non-hydrogen) atoms. The summed E-state index contributed by atoms with van der Waals surface area (Å²) in [5.41, 5.74) is 2.29. The van der Waals surface area contributed by atoms with E-state index >= 15 is 0 Å². The van der Waals surface area contributed by atoms with Gasteiger partial charge in [-0.1, -0.05) is 60.7 Å². The van der Waals surface area contributed by atoms with Crippen LogP contribution in [0.1, 0.15) is 15.9 Å². The number of amides is 1. The van der Waals surface area contributed by atoms with Gasteiger partial charge in [0.15, 0.2) is 0 Å². The van der Waals surface area contributed by atoms with Gasteiger partial charge in [-0.3, -0.25) is 14.9 Å². The van der Waals surface area contributed by atoms with Crippen LogP contribution in [0.5, 0.6) is 0 Å². The summed E-state index contributed by atoms with van der Waals surface area (Å²) >= 11 is 0. The van der Waals surface area contributed by atoms with Crippen molar-refractivity contribution in [2.24, 2.45) is 0 Å². The van der Waals surface area contributed by atoms with Crippen molar-refractivity contribution in [3.8, 4) is 11.1 Å². The van der Waals surface area contributed by atoms with Gasteiger partial charge in [-0.25, -0.2) is 4.79 Å². The molecule has 7 heteroatoms. The van der Waals surface area contributed by atoms with E-state index < -0.39 is 22.8 Å². The largest absolute Gasteiger partial charge is 0.480 e. The standard InChI is InChI=1S/C22H18N2O5/c25-21(17-12-10-16(11-13-17)15-6-2-1-3-7-15)23-19(22(26)27)14-18-8-4-5-9-20(18)24(28)29/h1-13,19H,14H2,(H,23,25)(H,26,27)/t19-/m0/s1. The van der Waals surface area contributed by atoms with Crippen molar-refractivity contribution >= 4 is 17.6 Å². The molecule has 146 valence electrons. The monoisotopic (exact) mass is 390 g/mol. The fraction of sp³-hybridized carbons (Fsp3) is 0.0909. The van der Waals surface area contributed by atoms with Gasteiger partial charge in [-0.2, -0.15) is 0 Å². The third-order valence-electron chi connectivity index (χ3n) is 4.47. The van der Waals surface area contributed by atoms with E-state index in [-0.39, 0.29) is 17.7 Å². The van der Waals surface area contributed by atoms with Crippen LogP contribution in [0.25, 0.3) is 11.1 Å². The van der Waals surface area contributed by atoms with Crippen molar-refractivity contribution in [3.63, 3.8) is 0 Å². The minimum Gasteiger partial charge on any atom is -0.480 e. The molecule has 0 saturated carbocycles. The van der Waals surface area contributed by atoms with Crippen molar-refractivity contribution in [1.82, 2.24) is 5.32 Å². The number of carboxylic acids is 1. The first kappa shape index (κ1) is 19.8. The number of aliphatic carboxylic acids is 1. The van der Waals surface area contributed by atoms with Gasteiger partial charge in [-0.15, -0.1) is 0 Å². The first-order valence-corrected chi connectivity index (χ1v) is 8.87. The molecule has 0 aliphatic carbocycles. The van der Waals surface area contributed by atoms with Crippen LogP contribution in [0, 0.1) is 10.1 Å². The smallest absolute Gasteiger partial charge is 0.326 e. The second-order valence-corrected chi connectivity index (χ2v) is 6.40. The lowest BCUT2D eigenvalue weighted by molar-refractivity contribution is -0.385. The Hall–Kier alpha value is -4.00. The summed E-state index contributed by atoms with van der Waals surface area (Å²) in [4.78, 5) is 34.7. The van der Waals surface area contributed by atoms with Crippen molar-refractivity contribution in [3.05, 3.63) is 100 Å². The number of nitro groups is 1. The number of hydrogen-bond donors (Lipinski definition) is 2. The molecule has 0 heterocycles. The molecule has 1 amide bonds. The Kier molecular flexibility index (Phi) is 5.99. The van der Waals surface area contributed by atoms with E-state index in [1.807, 2.05) is 30.3 Å². The maximum Gasteiger partial charge on any atom is 0.326 e. The topological polar surface area (TPSA) is 110 Å². The molecule has 0 spiro atoms. The highest BCUT2D eigenvalue weighted by Crippen LogP contribution is 2.21. The Balaban J connectivity index is 1.75. The molecule has 0 aliphatic rings. The van der Waals surface area contributed by atoms with Crippen LogP contribution in [0.4, 0.5) is 5.69 Å². The van der Waals surface area contributed by atoms with Gasteiger partial charge in [0.05, 0.1) is 4.92 Å². The zero-order valence-electron chi connectivity index (χ0n) is 15.3.